The van der Waals surface area contributed by atoms with Crippen molar-refractivity contribution in [3.63, 3.8) is 0 Å². The molecule has 0 amide bonds. The number of rotatable bonds is 8. The Labute approximate surface area is 132 Å². The molecule has 2 rings (SSSR count). The maximum atomic E-state index is 5.83. The Morgan fingerprint density at radius 3 is 2.00 bits per heavy atom. The van der Waals surface area contributed by atoms with Gasteiger partial charge >= 0.3 is 0 Å². The molecule has 0 aliphatic heterocycles. The lowest BCUT2D eigenvalue weighted by atomic mass is 10.1. The average molecular weight is 300 g/mol. The number of benzene rings is 2. The fraction of sp³-hybridized carbons (Fsp3) is 0.368. The molecule has 0 atom stereocenters. The van der Waals surface area contributed by atoms with Gasteiger partial charge in [-0.3, -0.25) is 0 Å². The van der Waals surface area contributed by atoms with E-state index >= 15 is 0 Å². The number of aryl methyl sites for hydroxylation is 1. The molecule has 118 valence electrons. The number of hydrogen-bond donors (Lipinski definition) is 0. The van der Waals surface area contributed by atoms with Crippen molar-refractivity contribution in [3.05, 3.63) is 53.6 Å². The first-order valence-electron chi connectivity index (χ1n) is 7.67. The van der Waals surface area contributed by atoms with Crippen molar-refractivity contribution in [2.75, 3.05) is 20.3 Å². The molecule has 0 aliphatic rings. The summed E-state index contributed by atoms with van der Waals surface area (Å²) in [6.45, 7) is 5.56. The molecule has 0 fully saturated rings. The van der Waals surface area contributed by atoms with Crippen LogP contribution < -0.4 is 14.2 Å². The summed E-state index contributed by atoms with van der Waals surface area (Å²) in [6, 6.07) is 13.9. The molecule has 2 aromatic carbocycles. The molecule has 0 spiro atoms. The van der Waals surface area contributed by atoms with E-state index in [4.69, 9.17) is 14.2 Å². The summed E-state index contributed by atoms with van der Waals surface area (Å²) < 4.78 is 16.8. The Balaban J connectivity index is 1.68. The third-order valence-corrected chi connectivity index (χ3v) is 3.68. The summed E-state index contributed by atoms with van der Waals surface area (Å²) in [5.74, 6) is 2.54. The predicted molar refractivity (Wildman–Crippen MR) is 89.1 cm³/mol. The summed E-state index contributed by atoms with van der Waals surface area (Å²) in [7, 11) is 1.65. The molecular formula is C19H24O3. The van der Waals surface area contributed by atoms with Crippen LogP contribution in [0.4, 0.5) is 0 Å². The van der Waals surface area contributed by atoms with E-state index in [0.29, 0.717) is 13.2 Å². The van der Waals surface area contributed by atoms with Crippen LogP contribution in [0, 0.1) is 13.8 Å². The SMILES string of the molecule is COc1ccccc1OCCCCOc1cccc(C)c1C. The van der Waals surface area contributed by atoms with Crippen LogP contribution >= 0.6 is 0 Å². The maximum absolute atomic E-state index is 5.83. The van der Waals surface area contributed by atoms with E-state index in [-0.39, 0.29) is 0 Å². The monoisotopic (exact) mass is 300 g/mol. The Morgan fingerprint density at radius 1 is 0.727 bits per heavy atom. The summed E-state index contributed by atoms with van der Waals surface area (Å²) in [5, 5.41) is 0. The normalized spacial score (nSPS) is 10.3. The van der Waals surface area contributed by atoms with Crippen LogP contribution in [0.15, 0.2) is 42.5 Å². The smallest absolute Gasteiger partial charge is 0.161 e. The van der Waals surface area contributed by atoms with Crippen molar-refractivity contribution in [3.8, 4) is 17.2 Å². The van der Waals surface area contributed by atoms with Crippen molar-refractivity contribution in [1.29, 1.82) is 0 Å². The minimum Gasteiger partial charge on any atom is -0.493 e. The Hall–Kier alpha value is -2.16. The second-order valence-electron chi connectivity index (χ2n) is 5.25. The van der Waals surface area contributed by atoms with Crippen LogP contribution in [-0.2, 0) is 0 Å². The first-order valence-corrected chi connectivity index (χ1v) is 7.67. The number of ether oxygens (including phenoxy) is 3. The topological polar surface area (TPSA) is 27.7 Å². The molecule has 0 N–H and O–H groups in total. The summed E-state index contributed by atoms with van der Waals surface area (Å²) >= 11 is 0. The lowest BCUT2D eigenvalue weighted by Crippen LogP contribution is -2.04. The van der Waals surface area contributed by atoms with Gasteiger partial charge in [0, 0.05) is 0 Å². The quantitative estimate of drug-likeness (QED) is 0.669. The van der Waals surface area contributed by atoms with Gasteiger partial charge in [-0.2, -0.15) is 0 Å². The van der Waals surface area contributed by atoms with Gasteiger partial charge in [0.15, 0.2) is 11.5 Å². The van der Waals surface area contributed by atoms with Crippen molar-refractivity contribution in [2.24, 2.45) is 0 Å². The molecule has 0 aromatic heterocycles. The van der Waals surface area contributed by atoms with Gasteiger partial charge in [0.1, 0.15) is 5.75 Å². The van der Waals surface area contributed by atoms with Crippen LogP contribution in [0.25, 0.3) is 0 Å². The maximum Gasteiger partial charge on any atom is 0.161 e. The van der Waals surface area contributed by atoms with E-state index in [1.807, 2.05) is 36.4 Å². The van der Waals surface area contributed by atoms with Gasteiger partial charge in [-0.05, 0) is 56.0 Å². The van der Waals surface area contributed by atoms with E-state index in [0.717, 1.165) is 30.1 Å². The number of para-hydroxylation sites is 2. The van der Waals surface area contributed by atoms with E-state index in [2.05, 4.69) is 19.9 Å². The van der Waals surface area contributed by atoms with E-state index < -0.39 is 0 Å². The third kappa shape index (κ3) is 4.42. The van der Waals surface area contributed by atoms with Crippen molar-refractivity contribution < 1.29 is 14.2 Å². The number of hydrogen-bond acceptors (Lipinski definition) is 3. The molecule has 0 saturated carbocycles. The van der Waals surface area contributed by atoms with Gasteiger partial charge in [0.2, 0.25) is 0 Å². The van der Waals surface area contributed by atoms with Gasteiger partial charge in [-0.25, -0.2) is 0 Å². The molecule has 0 bridgehead atoms. The van der Waals surface area contributed by atoms with Crippen LogP contribution in [0.5, 0.6) is 17.2 Å². The summed E-state index contributed by atoms with van der Waals surface area (Å²) in [4.78, 5) is 0. The lowest BCUT2D eigenvalue weighted by Gasteiger charge is -2.12. The molecule has 2 aromatic rings. The zero-order chi connectivity index (χ0) is 15.8. The highest BCUT2D eigenvalue weighted by Crippen LogP contribution is 2.26. The highest BCUT2D eigenvalue weighted by molar-refractivity contribution is 5.39. The van der Waals surface area contributed by atoms with Crippen LogP contribution in [0.3, 0.4) is 0 Å². The molecule has 0 aliphatic carbocycles. The minimum absolute atomic E-state index is 0.663. The van der Waals surface area contributed by atoms with E-state index in [1.165, 1.54) is 11.1 Å². The number of unbranched alkanes of at least 4 members (excludes halogenated alkanes) is 1. The van der Waals surface area contributed by atoms with Gasteiger partial charge in [-0.1, -0.05) is 24.3 Å². The van der Waals surface area contributed by atoms with Gasteiger partial charge < -0.3 is 14.2 Å². The van der Waals surface area contributed by atoms with E-state index in [9.17, 15) is 0 Å². The Kier molecular flexibility index (Phi) is 6.13. The van der Waals surface area contributed by atoms with Crippen molar-refractivity contribution in [1.82, 2.24) is 0 Å². The molecule has 22 heavy (non-hydrogen) atoms. The number of methoxy groups -OCH3 is 1. The predicted octanol–water partition coefficient (Wildman–Crippen LogP) is 4.55. The lowest BCUT2D eigenvalue weighted by molar-refractivity contribution is 0.257. The fourth-order valence-corrected chi connectivity index (χ4v) is 2.19. The van der Waals surface area contributed by atoms with E-state index in [1.54, 1.807) is 7.11 Å². The highest BCUT2D eigenvalue weighted by atomic mass is 16.5. The Bertz CT molecular complexity index is 593. The molecule has 0 saturated heterocycles. The van der Waals surface area contributed by atoms with Gasteiger partial charge in [0.25, 0.3) is 0 Å². The molecule has 0 radical (unpaired) electrons. The summed E-state index contributed by atoms with van der Waals surface area (Å²) in [5.41, 5.74) is 2.48. The highest BCUT2D eigenvalue weighted by Gasteiger charge is 2.03. The van der Waals surface area contributed by atoms with Gasteiger partial charge in [-0.15, -0.1) is 0 Å². The molecule has 3 nitrogen and oxygen atoms in total. The average Bonchev–Trinajstić information content (AvgIpc) is 2.55. The van der Waals surface area contributed by atoms with Crippen LogP contribution in [0.2, 0.25) is 0 Å². The van der Waals surface area contributed by atoms with Crippen molar-refractivity contribution >= 4 is 0 Å². The van der Waals surface area contributed by atoms with Crippen LogP contribution in [-0.4, -0.2) is 20.3 Å². The van der Waals surface area contributed by atoms with Gasteiger partial charge in [0.05, 0.1) is 20.3 Å². The Morgan fingerprint density at radius 2 is 1.32 bits per heavy atom. The zero-order valence-electron chi connectivity index (χ0n) is 13.6. The van der Waals surface area contributed by atoms with Crippen molar-refractivity contribution in [2.45, 2.75) is 26.7 Å². The molecular weight excluding hydrogens is 276 g/mol. The first-order chi connectivity index (χ1) is 10.7. The third-order valence-electron chi connectivity index (χ3n) is 3.68. The summed E-state index contributed by atoms with van der Waals surface area (Å²) in [6.07, 6.45) is 1.91. The molecule has 3 heteroatoms. The first kappa shape index (κ1) is 16.2. The second-order valence-corrected chi connectivity index (χ2v) is 5.25. The van der Waals surface area contributed by atoms with Crippen LogP contribution in [0.1, 0.15) is 24.0 Å². The largest absolute Gasteiger partial charge is 0.493 e. The minimum atomic E-state index is 0.663. The second kappa shape index (κ2) is 8.32. The zero-order valence-corrected chi connectivity index (χ0v) is 13.6. The molecule has 0 unspecified atom stereocenters. The molecule has 0 heterocycles. The fourth-order valence-electron chi connectivity index (χ4n) is 2.19. The standard InChI is InChI=1S/C19H24O3/c1-15-9-8-12-17(16(15)2)21-13-6-7-14-22-19-11-5-4-10-18(19)20-3/h4-5,8-12H,6-7,13-14H2,1-3H3.